The fraction of sp³-hybridized carbons (Fsp3) is 0.429. The molecule has 1 aromatic carbocycles. The highest BCUT2D eigenvalue weighted by atomic mass is 16.5. The van der Waals surface area contributed by atoms with Crippen LogP contribution in [0, 0.1) is 5.92 Å². The molecular weight excluding hydrogens is 340 g/mol. The second-order valence-corrected chi connectivity index (χ2v) is 7.48. The monoisotopic (exact) mass is 368 g/mol. The number of aliphatic imine (C=N–C) groups is 1. The van der Waals surface area contributed by atoms with Crippen LogP contribution in [0.5, 0.6) is 0 Å². The minimum Gasteiger partial charge on any atom is -0.382 e. The molecule has 144 valence electrons. The van der Waals surface area contributed by atoms with Gasteiger partial charge in [-0.1, -0.05) is 19.9 Å². The van der Waals surface area contributed by atoms with Crippen LogP contribution in [0.4, 0.5) is 0 Å². The number of hydrogen-bond donors (Lipinski definition) is 1. The van der Waals surface area contributed by atoms with Gasteiger partial charge in [0.1, 0.15) is 5.70 Å². The summed E-state index contributed by atoms with van der Waals surface area (Å²) < 4.78 is 7.37. The molecular formula is C21H28N4O2. The van der Waals surface area contributed by atoms with E-state index in [4.69, 9.17) is 9.73 Å². The number of aromatic nitrogens is 1. The first-order valence-corrected chi connectivity index (χ1v) is 9.27. The zero-order valence-electron chi connectivity index (χ0n) is 16.7. The Balaban J connectivity index is 1.85. The number of guanidine groups is 1. The first-order valence-electron chi connectivity index (χ1n) is 9.27. The molecule has 0 bridgehead atoms. The number of ether oxygens (including phenoxy) is 1. The van der Waals surface area contributed by atoms with Gasteiger partial charge in [0.05, 0.1) is 12.6 Å². The molecule has 3 rings (SSSR count). The lowest BCUT2D eigenvalue weighted by atomic mass is 10.1. The molecule has 2 aromatic rings. The van der Waals surface area contributed by atoms with Crippen LogP contribution in [0.25, 0.3) is 17.0 Å². The lowest BCUT2D eigenvalue weighted by Gasteiger charge is -2.16. The molecule has 0 saturated carbocycles. The van der Waals surface area contributed by atoms with E-state index in [2.05, 4.69) is 41.9 Å². The van der Waals surface area contributed by atoms with E-state index in [1.165, 1.54) is 5.52 Å². The molecule has 0 spiro atoms. The molecule has 0 unspecified atom stereocenters. The summed E-state index contributed by atoms with van der Waals surface area (Å²) in [6.07, 6.45) is 4.82. The molecule has 1 aromatic heterocycles. The van der Waals surface area contributed by atoms with Crippen molar-refractivity contribution in [1.82, 2.24) is 14.8 Å². The summed E-state index contributed by atoms with van der Waals surface area (Å²) in [6, 6.07) is 8.26. The highest BCUT2D eigenvalue weighted by molar-refractivity contribution is 6.15. The van der Waals surface area contributed by atoms with Gasteiger partial charge in [-0.25, -0.2) is 4.99 Å². The number of carbonyl (C=O) groups excluding carboxylic acids is 1. The van der Waals surface area contributed by atoms with Crippen molar-refractivity contribution in [3.05, 3.63) is 41.7 Å². The first kappa shape index (κ1) is 19.2. The van der Waals surface area contributed by atoms with Crippen molar-refractivity contribution in [2.75, 3.05) is 20.8 Å². The van der Waals surface area contributed by atoms with Crippen LogP contribution in [-0.2, 0) is 16.6 Å². The van der Waals surface area contributed by atoms with Crippen LogP contribution < -0.4 is 5.32 Å². The van der Waals surface area contributed by atoms with E-state index in [1.54, 1.807) is 19.1 Å². The molecule has 2 heterocycles. The van der Waals surface area contributed by atoms with Crippen LogP contribution in [0.2, 0.25) is 0 Å². The number of amides is 1. The number of nitrogens with zero attached hydrogens (tertiary/aromatic N) is 3. The SMILES string of the molecule is COC[C@@H](CC(C)C)N=C1N/C(=C\c2ccc3c(ccn3C)c2)C(=O)N1C. The van der Waals surface area contributed by atoms with E-state index < -0.39 is 0 Å². The third-order valence-corrected chi connectivity index (χ3v) is 4.73. The maximum Gasteiger partial charge on any atom is 0.276 e. The largest absolute Gasteiger partial charge is 0.382 e. The topological polar surface area (TPSA) is 58.9 Å². The van der Waals surface area contributed by atoms with Gasteiger partial charge in [0.15, 0.2) is 0 Å². The molecule has 0 radical (unpaired) electrons. The van der Waals surface area contributed by atoms with Crippen molar-refractivity contribution in [1.29, 1.82) is 0 Å². The Hall–Kier alpha value is -2.60. The number of likely N-dealkylation sites (N-methyl/N-ethyl adjacent to an activating group) is 1. The molecule has 1 aliphatic heterocycles. The molecule has 1 fully saturated rings. The zero-order valence-corrected chi connectivity index (χ0v) is 16.7. The average Bonchev–Trinajstić information content (AvgIpc) is 3.10. The van der Waals surface area contributed by atoms with Gasteiger partial charge in [0, 0.05) is 38.3 Å². The third-order valence-electron chi connectivity index (χ3n) is 4.73. The van der Waals surface area contributed by atoms with Crippen molar-refractivity contribution in [3.63, 3.8) is 0 Å². The lowest BCUT2D eigenvalue weighted by molar-refractivity contribution is -0.121. The molecule has 6 heteroatoms. The second-order valence-electron chi connectivity index (χ2n) is 7.48. The summed E-state index contributed by atoms with van der Waals surface area (Å²) in [6.45, 7) is 4.85. The minimum absolute atomic E-state index is 0.0211. The Morgan fingerprint density at radius 3 is 2.74 bits per heavy atom. The van der Waals surface area contributed by atoms with Crippen molar-refractivity contribution in [2.24, 2.45) is 18.0 Å². The van der Waals surface area contributed by atoms with E-state index in [9.17, 15) is 4.79 Å². The summed E-state index contributed by atoms with van der Waals surface area (Å²) in [4.78, 5) is 18.9. The summed E-state index contributed by atoms with van der Waals surface area (Å²) in [5.41, 5.74) is 2.68. The standard InChI is InChI=1S/C21H28N4O2/c1-14(2)10-17(13-27-5)22-21-23-18(20(26)25(21)4)12-15-6-7-19-16(11-15)8-9-24(19)3/h6-9,11-12,14,17H,10,13H2,1-5H3,(H,22,23)/b18-12-/t17-/m1/s1. The zero-order chi connectivity index (χ0) is 19.6. The normalized spacial score (nSPS) is 18.9. The second kappa shape index (κ2) is 7.96. The number of fused-ring (bicyclic) bond motifs is 1. The van der Waals surface area contributed by atoms with E-state index in [0.717, 1.165) is 17.4 Å². The molecule has 1 atom stereocenters. The van der Waals surface area contributed by atoms with Gasteiger partial charge in [-0.3, -0.25) is 9.69 Å². The Morgan fingerprint density at radius 1 is 1.26 bits per heavy atom. The van der Waals surface area contributed by atoms with Crippen LogP contribution in [0.15, 0.2) is 41.2 Å². The molecule has 1 amide bonds. The smallest absolute Gasteiger partial charge is 0.276 e. The number of methoxy groups -OCH3 is 1. The predicted molar refractivity (Wildman–Crippen MR) is 109 cm³/mol. The number of nitrogens with one attached hydrogen (secondary N) is 1. The molecule has 27 heavy (non-hydrogen) atoms. The maximum absolute atomic E-state index is 12.6. The third kappa shape index (κ3) is 4.22. The minimum atomic E-state index is -0.0809. The highest BCUT2D eigenvalue weighted by Gasteiger charge is 2.29. The molecule has 6 nitrogen and oxygen atoms in total. The fourth-order valence-corrected chi connectivity index (χ4v) is 3.38. The molecule has 0 aliphatic carbocycles. The van der Waals surface area contributed by atoms with E-state index >= 15 is 0 Å². The number of benzene rings is 1. The Labute approximate surface area is 160 Å². The summed E-state index contributed by atoms with van der Waals surface area (Å²) >= 11 is 0. The fourth-order valence-electron chi connectivity index (χ4n) is 3.38. The van der Waals surface area contributed by atoms with Gasteiger partial charge in [-0.15, -0.1) is 0 Å². The maximum atomic E-state index is 12.6. The first-order chi connectivity index (χ1) is 12.9. The van der Waals surface area contributed by atoms with Gasteiger partial charge in [-0.2, -0.15) is 0 Å². The van der Waals surface area contributed by atoms with Crippen molar-refractivity contribution in [2.45, 2.75) is 26.3 Å². The van der Waals surface area contributed by atoms with Crippen LogP contribution in [0.1, 0.15) is 25.8 Å². The Bertz CT molecular complexity index is 895. The number of rotatable bonds is 6. The van der Waals surface area contributed by atoms with Crippen molar-refractivity contribution in [3.8, 4) is 0 Å². The van der Waals surface area contributed by atoms with Gasteiger partial charge in [0.2, 0.25) is 5.96 Å². The van der Waals surface area contributed by atoms with Crippen molar-refractivity contribution >= 4 is 28.8 Å². The number of hydrogen-bond acceptors (Lipinski definition) is 3. The summed E-state index contributed by atoms with van der Waals surface area (Å²) in [7, 11) is 5.44. The van der Waals surface area contributed by atoms with E-state index in [-0.39, 0.29) is 11.9 Å². The van der Waals surface area contributed by atoms with Gasteiger partial charge < -0.3 is 14.6 Å². The lowest BCUT2D eigenvalue weighted by Crippen LogP contribution is -2.31. The highest BCUT2D eigenvalue weighted by Crippen LogP contribution is 2.20. The molecule has 1 saturated heterocycles. The summed E-state index contributed by atoms with van der Waals surface area (Å²) in [5.74, 6) is 1.00. The van der Waals surface area contributed by atoms with Gasteiger partial charge in [0.25, 0.3) is 5.91 Å². The quantitative estimate of drug-likeness (QED) is 0.798. The van der Waals surface area contributed by atoms with Crippen LogP contribution in [0.3, 0.4) is 0 Å². The van der Waals surface area contributed by atoms with Crippen molar-refractivity contribution < 1.29 is 9.53 Å². The average molecular weight is 368 g/mol. The van der Waals surface area contributed by atoms with Gasteiger partial charge >= 0.3 is 0 Å². The molecule has 1 N–H and O–H groups in total. The van der Waals surface area contributed by atoms with E-state index in [1.807, 2.05) is 25.4 Å². The summed E-state index contributed by atoms with van der Waals surface area (Å²) in [5, 5.41) is 4.33. The van der Waals surface area contributed by atoms with E-state index in [0.29, 0.717) is 24.2 Å². The Morgan fingerprint density at radius 2 is 2.04 bits per heavy atom. The van der Waals surface area contributed by atoms with Gasteiger partial charge in [-0.05, 0) is 42.2 Å². The van der Waals surface area contributed by atoms with Crippen LogP contribution >= 0.6 is 0 Å². The van der Waals surface area contributed by atoms with Crippen LogP contribution in [-0.4, -0.2) is 48.1 Å². The number of aryl methyl sites for hydroxylation is 1. The Kier molecular flexibility index (Phi) is 5.65. The predicted octanol–water partition coefficient (Wildman–Crippen LogP) is 3.00. The molecule has 1 aliphatic rings. The number of carbonyl (C=O) groups is 1.